The van der Waals surface area contributed by atoms with Gasteiger partial charge in [0.05, 0.1) is 17.7 Å². The van der Waals surface area contributed by atoms with Crippen molar-refractivity contribution in [2.45, 2.75) is 46.1 Å². The molecule has 0 aliphatic rings. The van der Waals surface area contributed by atoms with Crippen LogP contribution in [0.1, 0.15) is 54.7 Å². The number of ether oxygens (including phenoxy) is 1. The number of benzene rings is 3. The first-order valence-electron chi connectivity index (χ1n) is 12.0. The van der Waals surface area contributed by atoms with Crippen LogP contribution in [0.25, 0.3) is 10.9 Å². The summed E-state index contributed by atoms with van der Waals surface area (Å²) in [4.78, 5) is 19.0. The Hall–Kier alpha value is -3.53. The van der Waals surface area contributed by atoms with Crippen molar-refractivity contribution in [1.29, 1.82) is 0 Å². The summed E-state index contributed by atoms with van der Waals surface area (Å²) >= 11 is 0. The minimum absolute atomic E-state index is 0.0360. The summed E-state index contributed by atoms with van der Waals surface area (Å²) in [6, 6.07) is 24.7. The van der Waals surface area contributed by atoms with Crippen molar-refractivity contribution >= 4 is 16.8 Å². The predicted octanol–water partition coefficient (Wildman–Crippen LogP) is 6.75. The van der Waals surface area contributed by atoms with Gasteiger partial charge in [0.2, 0.25) is 0 Å². The summed E-state index contributed by atoms with van der Waals surface area (Å²) in [6.45, 7) is 10.4. The number of para-hydroxylation sites is 1. The Morgan fingerprint density at radius 3 is 2.44 bits per heavy atom. The number of aromatic nitrogens is 1. The van der Waals surface area contributed by atoms with E-state index in [1.165, 1.54) is 5.56 Å². The maximum Gasteiger partial charge on any atom is 0.256 e. The largest absolute Gasteiger partial charge is 0.494 e. The van der Waals surface area contributed by atoms with Gasteiger partial charge in [-0.1, -0.05) is 69.3 Å². The molecule has 0 aliphatic heterocycles. The average Bonchev–Trinajstić information content (AvgIpc) is 3.31. The van der Waals surface area contributed by atoms with Crippen molar-refractivity contribution in [2.24, 2.45) is 0 Å². The fourth-order valence-electron chi connectivity index (χ4n) is 4.24. The van der Waals surface area contributed by atoms with E-state index in [2.05, 4.69) is 62.2 Å². The lowest BCUT2D eigenvalue weighted by Crippen LogP contribution is -2.32. The van der Waals surface area contributed by atoms with E-state index in [1.807, 2.05) is 54.4 Å². The van der Waals surface area contributed by atoms with Gasteiger partial charge in [-0.3, -0.25) is 4.79 Å². The van der Waals surface area contributed by atoms with E-state index in [4.69, 9.17) is 4.74 Å². The minimum Gasteiger partial charge on any atom is -0.494 e. The molecule has 0 radical (unpaired) electrons. The highest BCUT2D eigenvalue weighted by molar-refractivity contribution is 6.05. The highest BCUT2D eigenvalue weighted by Crippen LogP contribution is 2.24. The first-order valence-corrected chi connectivity index (χ1v) is 12.0. The Morgan fingerprint density at radius 1 is 0.941 bits per heavy atom. The van der Waals surface area contributed by atoms with E-state index < -0.39 is 0 Å². The molecule has 0 spiro atoms. The summed E-state index contributed by atoms with van der Waals surface area (Å²) in [5.74, 6) is 0.903. The van der Waals surface area contributed by atoms with Gasteiger partial charge in [0.15, 0.2) is 0 Å². The standard InChI is InChI=1S/C30H34N2O2/c1-5-34-26-10-6-8-22(20-26)17-19-32(21-23-12-14-25(15-13-23)30(2,3)4)29(33)27-11-7-9-24-16-18-31-28(24)27/h6-16,18,20,31H,5,17,19,21H2,1-4H3. The van der Waals surface area contributed by atoms with Crippen LogP contribution in [0, 0.1) is 0 Å². The van der Waals surface area contributed by atoms with Gasteiger partial charge >= 0.3 is 0 Å². The maximum atomic E-state index is 13.8. The Balaban J connectivity index is 1.59. The molecule has 34 heavy (non-hydrogen) atoms. The summed E-state index contributed by atoms with van der Waals surface area (Å²) in [7, 11) is 0. The van der Waals surface area contributed by atoms with Crippen LogP contribution in [0.3, 0.4) is 0 Å². The molecule has 1 N–H and O–H groups in total. The van der Waals surface area contributed by atoms with Crippen LogP contribution in [-0.2, 0) is 18.4 Å². The van der Waals surface area contributed by atoms with Crippen LogP contribution in [-0.4, -0.2) is 28.9 Å². The fraction of sp³-hybridized carbons (Fsp3) is 0.300. The van der Waals surface area contributed by atoms with Crippen LogP contribution in [0.4, 0.5) is 0 Å². The van der Waals surface area contributed by atoms with Crippen LogP contribution in [0.15, 0.2) is 79.0 Å². The van der Waals surface area contributed by atoms with E-state index in [-0.39, 0.29) is 11.3 Å². The van der Waals surface area contributed by atoms with Crippen molar-refractivity contribution in [3.63, 3.8) is 0 Å². The lowest BCUT2D eigenvalue weighted by atomic mass is 9.87. The topological polar surface area (TPSA) is 45.3 Å². The highest BCUT2D eigenvalue weighted by atomic mass is 16.5. The van der Waals surface area contributed by atoms with Gasteiger partial charge in [-0.2, -0.15) is 0 Å². The van der Waals surface area contributed by atoms with E-state index >= 15 is 0 Å². The van der Waals surface area contributed by atoms with Gasteiger partial charge in [0, 0.05) is 24.7 Å². The summed E-state index contributed by atoms with van der Waals surface area (Å²) < 4.78 is 5.66. The zero-order valence-corrected chi connectivity index (χ0v) is 20.6. The lowest BCUT2D eigenvalue weighted by molar-refractivity contribution is 0.0747. The Labute approximate surface area is 202 Å². The number of carbonyl (C=O) groups is 1. The Morgan fingerprint density at radius 2 is 1.71 bits per heavy atom. The first kappa shape index (κ1) is 23.6. The van der Waals surface area contributed by atoms with Crippen molar-refractivity contribution in [1.82, 2.24) is 9.88 Å². The molecule has 0 saturated carbocycles. The second kappa shape index (κ2) is 10.2. The zero-order valence-electron chi connectivity index (χ0n) is 20.6. The second-order valence-electron chi connectivity index (χ2n) is 9.75. The smallest absolute Gasteiger partial charge is 0.256 e. The molecule has 0 fully saturated rings. The molecule has 4 nitrogen and oxygen atoms in total. The Kier molecular flexibility index (Phi) is 7.06. The predicted molar refractivity (Wildman–Crippen MR) is 139 cm³/mol. The monoisotopic (exact) mass is 454 g/mol. The average molecular weight is 455 g/mol. The number of fused-ring (bicyclic) bond motifs is 1. The zero-order chi connectivity index (χ0) is 24.1. The molecular weight excluding hydrogens is 420 g/mol. The normalized spacial score (nSPS) is 11.5. The number of nitrogens with one attached hydrogen (secondary N) is 1. The first-order chi connectivity index (χ1) is 16.3. The van der Waals surface area contributed by atoms with E-state index in [1.54, 1.807) is 0 Å². The number of carbonyl (C=O) groups excluding carboxylic acids is 1. The number of hydrogen-bond acceptors (Lipinski definition) is 2. The quantitative estimate of drug-likeness (QED) is 0.320. The molecule has 0 unspecified atom stereocenters. The number of H-pyrrole nitrogens is 1. The molecule has 1 aromatic heterocycles. The number of rotatable bonds is 8. The van der Waals surface area contributed by atoms with Gasteiger partial charge in [0.1, 0.15) is 5.75 Å². The molecule has 176 valence electrons. The van der Waals surface area contributed by atoms with Crippen LogP contribution in [0.2, 0.25) is 0 Å². The molecule has 4 heteroatoms. The van der Waals surface area contributed by atoms with Crippen molar-refractivity contribution < 1.29 is 9.53 Å². The molecule has 0 atom stereocenters. The number of amides is 1. The number of nitrogens with zero attached hydrogens (tertiary/aromatic N) is 1. The van der Waals surface area contributed by atoms with Gasteiger partial charge in [0.25, 0.3) is 5.91 Å². The minimum atomic E-state index is 0.0360. The van der Waals surface area contributed by atoms with Crippen molar-refractivity contribution in [3.8, 4) is 5.75 Å². The molecule has 1 heterocycles. The molecule has 4 aromatic rings. The molecule has 0 aliphatic carbocycles. The fourth-order valence-corrected chi connectivity index (χ4v) is 4.24. The van der Waals surface area contributed by atoms with Gasteiger partial charge < -0.3 is 14.6 Å². The lowest BCUT2D eigenvalue weighted by Gasteiger charge is -2.24. The molecule has 0 bridgehead atoms. The molecular formula is C30H34N2O2. The van der Waals surface area contributed by atoms with Crippen molar-refractivity contribution in [3.05, 3.63) is 101 Å². The third kappa shape index (κ3) is 5.51. The SMILES string of the molecule is CCOc1cccc(CCN(Cc2ccc(C(C)(C)C)cc2)C(=O)c2cccc3cc[nH]c23)c1. The summed E-state index contributed by atoms with van der Waals surface area (Å²) in [6.07, 6.45) is 2.64. The third-order valence-corrected chi connectivity index (χ3v) is 6.18. The number of aromatic amines is 1. The molecule has 0 saturated heterocycles. The van der Waals surface area contributed by atoms with Gasteiger partial charge in [-0.05, 0) is 59.7 Å². The third-order valence-electron chi connectivity index (χ3n) is 6.18. The molecule has 3 aromatic carbocycles. The van der Waals surface area contributed by atoms with Crippen LogP contribution in [0.5, 0.6) is 5.75 Å². The van der Waals surface area contributed by atoms with E-state index in [9.17, 15) is 4.79 Å². The molecule has 4 rings (SSSR count). The van der Waals surface area contributed by atoms with Gasteiger partial charge in [-0.15, -0.1) is 0 Å². The highest BCUT2D eigenvalue weighted by Gasteiger charge is 2.20. The number of hydrogen-bond donors (Lipinski definition) is 1. The van der Waals surface area contributed by atoms with E-state index in [0.717, 1.165) is 34.2 Å². The molecule has 1 amide bonds. The maximum absolute atomic E-state index is 13.8. The van der Waals surface area contributed by atoms with Crippen molar-refractivity contribution in [2.75, 3.05) is 13.2 Å². The van der Waals surface area contributed by atoms with Gasteiger partial charge in [-0.25, -0.2) is 0 Å². The Bertz CT molecular complexity index is 1250. The summed E-state index contributed by atoms with van der Waals surface area (Å²) in [5, 5.41) is 1.05. The second-order valence-corrected chi connectivity index (χ2v) is 9.75. The summed E-state index contributed by atoms with van der Waals surface area (Å²) in [5.41, 5.74) is 5.27. The van der Waals surface area contributed by atoms with E-state index in [0.29, 0.717) is 25.3 Å². The van der Waals surface area contributed by atoms with Crippen LogP contribution < -0.4 is 4.74 Å². The van der Waals surface area contributed by atoms with Crippen LogP contribution >= 0.6 is 0 Å².